The van der Waals surface area contributed by atoms with Gasteiger partial charge in [0, 0.05) is 28.7 Å². The van der Waals surface area contributed by atoms with Crippen LogP contribution in [0.2, 0.25) is 5.02 Å². The summed E-state index contributed by atoms with van der Waals surface area (Å²) in [6.07, 6.45) is 1.69. The molecule has 0 unspecified atom stereocenters. The number of hydrogen-bond donors (Lipinski definition) is 1. The topological polar surface area (TPSA) is 24.9 Å². The predicted octanol–water partition coefficient (Wildman–Crippen LogP) is 3.55. The Labute approximate surface area is 95.7 Å². The normalized spacial score (nSPS) is 10.3. The summed E-state index contributed by atoms with van der Waals surface area (Å²) >= 11 is 7.34. The zero-order valence-corrected chi connectivity index (χ0v) is 9.28. The van der Waals surface area contributed by atoms with Crippen molar-refractivity contribution in [2.75, 3.05) is 5.32 Å². The predicted molar refractivity (Wildman–Crippen MR) is 60.9 cm³/mol. The molecule has 5 heteroatoms. The van der Waals surface area contributed by atoms with Gasteiger partial charge in [-0.1, -0.05) is 17.7 Å². The van der Waals surface area contributed by atoms with Crippen LogP contribution in [0.1, 0.15) is 5.56 Å². The molecule has 78 valence electrons. The molecule has 0 bridgehead atoms. The maximum Gasteiger partial charge on any atom is 0.182 e. The highest BCUT2D eigenvalue weighted by Gasteiger charge is 2.06. The fourth-order valence-corrected chi connectivity index (χ4v) is 1.93. The molecule has 2 nitrogen and oxygen atoms in total. The van der Waals surface area contributed by atoms with Crippen LogP contribution in [0.3, 0.4) is 0 Å². The van der Waals surface area contributed by atoms with Crippen LogP contribution < -0.4 is 5.32 Å². The standard InChI is InChI=1S/C10H8ClFN2S/c11-8-2-1-3-9(12)7(8)6-14-10-13-4-5-15-10/h1-5H,6H2,(H,13,14). The number of thiazole rings is 1. The Hall–Kier alpha value is -1.13. The minimum Gasteiger partial charge on any atom is -0.357 e. The quantitative estimate of drug-likeness (QED) is 0.891. The van der Waals surface area contributed by atoms with Gasteiger partial charge in [-0.15, -0.1) is 11.3 Å². The first-order chi connectivity index (χ1) is 7.27. The lowest BCUT2D eigenvalue weighted by Crippen LogP contribution is -2.02. The van der Waals surface area contributed by atoms with Crippen molar-refractivity contribution in [1.29, 1.82) is 0 Å². The highest BCUT2D eigenvalue weighted by atomic mass is 35.5. The Kier molecular flexibility index (Phi) is 3.18. The second-order valence-corrected chi connectivity index (χ2v) is 4.19. The van der Waals surface area contributed by atoms with E-state index in [2.05, 4.69) is 10.3 Å². The third-order valence-corrected chi connectivity index (χ3v) is 3.00. The van der Waals surface area contributed by atoms with E-state index in [9.17, 15) is 4.39 Å². The number of rotatable bonds is 3. The summed E-state index contributed by atoms with van der Waals surface area (Å²) in [5.74, 6) is -0.299. The van der Waals surface area contributed by atoms with Crippen LogP contribution >= 0.6 is 22.9 Å². The zero-order chi connectivity index (χ0) is 10.7. The molecule has 2 aromatic rings. The van der Waals surface area contributed by atoms with Crippen LogP contribution in [-0.4, -0.2) is 4.98 Å². The van der Waals surface area contributed by atoms with Crippen molar-refractivity contribution in [2.24, 2.45) is 0 Å². The Bertz CT molecular complexity index is 424. The second kappa shape index (κ2) is 4.59. The highest BCUT2D eigenvalue weighted by molar-refractivity contribution is 7.13. The van der Waals surface area contributed by atoms with E-state index in [1.54, 1.807) is 18.3 Å². The number of nitrogens with zero attached hydrogens (tertiary/aromatic N) is 1. The average molecular weight is 243 g/mol. The number of aromatic nitrogens is 1. The summed E-state index contributed by atoms with van der Waals surface area (Å²) in [5.41, 5.74) is 0.467. The molecule has 0 spiro atoms. The first-order valence-electron chi connectivity index (χ1n) is 4.33. The van der Waals surface area contributed by atoms with E-state index in [0.717, 1.165) is 5.13 Å². The Balaban J connectivity index is 2.11. The van der Waals surface area contributed by atoms with Gasteiger partial charge in [-0.2, -0.15) is 0 Å². The van der Waals surface area contributed by atoms with Crippen molar-refractivity contribution in [3.05, 3.63) is 46.2 Å². The van der Waals surface area contributed by atoms with Gasteiger partial charge in [-0.05, 0) is 12.1 Å². The molecule has 0 aliphatic carbocycles. The molecule has 0 radical (unpaired) electrons. The van der Waals surface area contributed by atoms with Crippen molar-refractivity contribution >= 4 is 28.1 Å². The van der Waals surface area contributed by atoms with E-state index in [0.29, 0.717) is 17.1 Å². The van der Waals surface area contributed by atoms with Crippen LogP contribution in [0, 0.1) is 5.82 Å². The highest BCUT2D eigenvalue weighted by Crippen LogP contribution is 2.20. The fourth-order valence-electron chi connectivity index (χ4n) is 1.18. The van der Waals surface area contributed by atoms with Crippen molar-refractivity contribution in [3.8, 4) is 0 Å². The maximum absolute atomic E-state index is 13.3. The van der Waals surface area contributed by atoms with Gasteiger partial charge >= 0.3 is 0 Å². The molecule has 1 N–H and O–H groups in total. The largest absolute Gasteiger partial charge is 0.357 e. The van der Waals surface area contributed by atoms with Gasteiger partial charge in [0.2, 0.25) is 0 Å². The second-order valence-electron chi connectivity index (χ2n) is 2.89. The molecule has 15 heavy (non-hydrogen) atoms. The van der Waals surface area contributed by atoms with Gasteiger partial charge in [-0.25, -0.2) is 9.37 Å². The van der Waals surface area contributed by atoms with E-state index in [1.807, 2.05) is 5.38 Å². The summed E-state index contributed by atoms with van der Waals surface area (Å²) in [6, 6.07) is 4.65. The Morgan fingerprint density at radius 3 is 3.00 bits per heavy atom. The number of hydrogen-bond acceptors (Lipinski definition) is 3. The third kappa shape index (κ3) is 2.46. The smallest absolute Gasteiger partial charge is 0.182 e. The molecule has 0 atom stereocenters. The van der Waals surface area contributed by atoms with Crippen molar-refractivity contribution in [1.82, 2.24) is 4.98 Å². The number of nitrogens with one attached hydrogen (secondary N) is 1. The lowest BCUT2D eigenvalue weighted by molar-refractivity contribution is 0.613. The minimum absolute atomic E-state index is 0.299. The minimum atomic E-state index is -0.299. The Morgan fingerprint density at radius 2 is 2.33 bits per heavy atom. The fraction of sp³-hybridized carbons (Fsp3) is 0.100. The molecule has 0 aliphatic heterocycles. The molecule has 2 rings (SSSR count). The first-order valence-corrected chi connectivity index (χ1v) is 5.59. The summed E-state index contributed by atoms with van der Waals surface area (Å²) in [6.45, 7) is 0.346. The van der Waals surface area contributed by atoms with E-state index in [4.69, 9.17) is 11.6 Å². The Morgan fingerprint density at radius 1 is 1.47 bits per heavy atom. The van der Waals surface area contributed by atoms with E-state index < -0.39 is 0 Å². The van der Waals surface area contributed by atoms with Crippen LogP contribution in [0.4, 0.5) is 9.52 Å². The third-order valence-electron chi connectivity index (χ3n) is 1.91. The molecule has 0 amide bonds. The number of anilines is 1. The summed E-state index contributed by atoms with van der Waals surface area (Å²) < 4.78 is 13.3. The van der Waals surface area contributed by atoms with Crippen LogP contribution in [0.5, 0.6) is 0 Å². The van der Waals surface area contributed by atoms with Crippen molar-refractivity contribution < 1.29 is 4.39 Å². The summed E-state index contributed by atoms with van der Waals surface area (Å²) in [4.78, 5) is 4.03. The maximum atomic E-state index is 13.3. The van der Waals surface area contributed by atoms with Crippen molar-refractivity contribution in [2.45, 2.75) is 6.54 Å². The molecule has 0 aliphatic rings. The van der Waals surface area contributed by atoms with Gasteiger partial charge in [0.15, 0.2) is 5.13 Å². The van der Waals surface area contributed by atoms with Gasteiger partial charge in [0.25, 0.3) is 0 Å². The molecule has 1 aromatic heterocycles. The monoisotopic (exact) mass is 242 g/mol. The lowest BCUT2D eigenvalue weighted by Gasteiger charge is -2.06. The van der Waals surface area contributed by atoms with Crippen LogP contribution in [0.25, 0.3) is 0 Å². The van der Waals surface area contributed by atoms with Gasteiger partial charge < -0.3 is 5.32 Å². The molecule has 0 saturated heterocycles. The summed E-state index contributed by atoms with van der Waals surface area (Å²) in [5, 5.41) is 6.05. The van der Waals surface area contributed by atoms with E-state index in [-0.39, 0.29) is 5.82 Å². The van der Waals surface area contributed by atoms with Gasteiger partial charge in [0.1, 0.15) is 5.82 Å². The molecule has 1 aromatic carbocycles. The molecular weight excluding hydrogens is 235 g/mol. The number of halogens is 2. The van der Waals surface area contributed by atoms with E-state index >= 15 is 0 Å². The lowest BCUT2D eigenvalue weighted by atomic mass is 10.2. The van der Waals surface area contributed by atoms with Crippen molar-refractivity contribution in [3.63, 3.8) is 0 Å². The van der Waals surface area contributed by atoms with Crippen LogP contribution in [0.15, 0.2) is 29.8 Å². The van der Waals surface area contributed by atoms with Gasteiger partial charge in [-0.3, -0.25) is 0 Å². The van der Waals surface area contributed by atoms with Gasteiger partial charge in [0.05, 0.1) is 0 Å². The van der Waals surface area contributed by atoms with E-state index in [1.165, 1.54) is 17.4 Å². The zero-order valence-electron chi connectivity index (χ0n) is 7.71. The first kappa shape index (κ1) is 10.4. The van der Waals surface area contributed by atoms with Crippen LogP contribution in [-0.2, 0) is 6.54 Å². The molecule has 0 saturated carbocycles. The SMILES string of the molecule is Fc1cccc(Cl)c1CNc1nccs1. The molecule has 0 fully saturated rings. The molecular formula is C10H8ClFN2S. The average Bonchev–Trinajstić information content (AvgIpc) is 2.70. The molecule has 1 heterocycles. The number of benzene rings is 1. The summed E-state index contributed by atoms with van der Waals surface area (Å²) in [7, 11) is 0.